The van der Waals surface area contributed by atoms with E-state index in [0.29, 0.717) is 19.8 Å². The third-order valence-electron chi connectivity index (χ3n) is 3.77. The molecular weight excluding hydrogens is 348 g/mol. The first-order valence-corrected chi connectivity index (χ1v) is 9.65. The van der Waals surface area contributed by atoms with E-state index in [-0.39, 0.29) is 0 Å². The molecule has 6 nitrogen and oxygen atoms in total. The molecule has 1 heterocycles. The molecule has 0 aliphatic rings. The Kier molecular flexibility index (Phi) is 8.92. The Labute approximate surface area is 159 Å². The molecule has 0 bridgehead atoms. The van der Waals surface area contributed by atoms with Crippen LogP contribution in [0.5, 0.6) is 5.75 Å². The number of aromatic nitrogens is 1. The number of aliphatic imine (C=N–C) groups is 1. The molecule has 0 radical (unpaired) electrons. The van der Waals surface area contributed by atoms with Crippen molar-refractivity contribution in [3.05, 3.63) is 45.9 Å². The van der Waals surface area contributed by atoms with Crippen molar-refractivity contribution in [2.45, 2.75) is 32.9 Å². The summed E-state index contributed by atoms with van der Waals surface area (Å²) < 4.78 is 10.8. The number of nitrogens with zero attached hydrogens (tertiary/aromatic N) is 2. The van der Waals surface area contributed by atoms with Crippen molar-refractivity contribution in [3.8, 4) is 5.75 Å². The van der Waals surface area contributed by atoms with E-state index in [0.717, 1.165) is 41.7 Å². The smallest absolute Gasteiger partial charge is 0.191 e. The summed E-state index contributed by atoms with van der Waals surface area (Å²) in [5, 5.41) is 7.65. The third kappa shape index (κ3) is 7.01. The molecule has 0 saturated heterocycles. The molecule has 0 fully saturated rings. The zero-order valence-corrected chi connectivity index (χ0v) is 16.6. The van der Waals surface area contributed by atoms with Crippen LogP contribution in [-0.4, -0.2) is 38.3 Å². The fourth-order valence-electron chi connectivity index (χ4n) is 2.27. The maximum atomic E-state index is 5.70. The van der Waals surface area contributed by atoms with Crippen molar-refractivity contribution in [1.82, 2.24) is 15.6 Å². The molecule has 0 aliphatic carbocycles. The standard InChI is InChI=1S/C19H28N4O2S/c1-4-17-12-22-18(26-17)13-23-19(20-2)21-10-5-11-25-14-15-6-8-16(24-3)9-7-15/h6-9,12H,4-5,10-11,13-14H2,1-3H3,(H2,20,21,23). The summed E-state index contributed by atoms with van der Waals surface area (Å²) in [4.78, 5) is 9.93. The van der Waals surface area contributed by atoms with Crippen molar-refractivity contribution in [1.29, 1.82) is 0 Å². The molecule has 26 heavy (non-hydrogen) atoms. The number of guanidine groups is 1. The Hall–Kier alpha value is -2.12. The highest BCUT2D eigenvalue weighted by Crippen LogP contribution is 2.13. The molecule has 0 spiro atoms. The van der Waals surface area contributed by atoms with Crippen molar-refractivity contribution in [2.75, 3.05) is 27.3 Å². The van der Waals surface area contributed by atoms with Crippen LogP contribution < -0.4 is 15.4 Å². The van der Waals surface area contributed by atoms with Gasteiger partial charge in [-0.25, -0.2) is 4.98 Å². The zero-order valence-electron chi connectivity index (χ0n) is 15.7. The highest BCUT2D eigenvalue weighted by atomic mass is 32.1. The Balaban J connectivity index is 1.57. The molecule has 142 valence electrons. The fraction of sp³-hybridized carbons (Fsp3) is 0.474. The summed E-state index contributed by atoms with van der Waals surface area (Å²) in [5.41, 5.74) is 1.14. The van der Waals surface area contributed by atoms with E-state index in [1.165, 1.54) is 4.88 Å². The van der Waals surface area contributed by atoms with Gasteiger partial charge in [-0.1, -0.05) is 19.1 Å². The summed E-state index contributed by atoms with van der Waals surface area (Å²) >= 11 is 1.74. The van der Waals surface area contributed by atoms with Gasteiger partial charge < -0.3 is 20.1 Å². The number of hydrogen-bond acceptors (Lipinski definition) is 5. The lowest BCUT2D eigenvalue weighted by Gasteiger charge is -2.11. The number of rotatable bonds is 10. The molecule has 0 saturated carbocycles. The van der Waals surface area contributed by atoms with Crippen LogP contribution in [0.15, 0.2) is 35.5 Å². The maximum absolute atomic E-state index is 5.70. The van der Waals surface area contributed by atoms with Gasteiger partial charge in [0.25, 0.3) is 0 Å². The number of ether oxygens (including phenoxy) is 2. The highest BCUT2D eigenvalue weighted by molar-refractivity contribution is 7.11. The van der Waals surface area contributed by atoms with Crippen molar-refractivity contribution < 1.29 is 9.47 Å². The van der Waals surface area contributed by atoms with E-state index in [1.807, 2.05) is 30.5 Å². The average Bonchev–Trinajstić information content (AvgIpc) is 3.15. The first-order valence-electron chi connectivity index (χ1n) is 8.84. The molecular formula is C19H28N4O2S. The first kappa shape index (κ1) is 20.2. The molecule has 1 aromatic heterocycles. The molecule has 7 heteroatoms. The minimum Gasteiger partial charge on any atom is -0.497 e. The van der Waals surface area contributed by atoms with Gasteiger partial charge in [0.05, 0.1) is 20.3 Å². The Bertz CT molecular complexity index is 670. The van der Waals surface area contributed by atoms with Crippen LogP contribution in [0.25, 0.3) is 0 Å². The SMILES string of the molecule is CCc1cnc(CNC(=NC)NCCCOCc2ccc(OC)cc2)s1. The van der Waals surface area contributed by atoms with Crippen molar-refractivity contribution in [3.63, 3.8) is 0 Å². The van der Waals surface area contributed by atoms with Gasteiger partial charge in [-0.15, -0.1) is 11.3 Å². The largest absolute Gasteiger partial charge is 0.497 e. The number of aryl methyl sites for hydroxylation is 1. The minimum absolute atomic E-state index is 0.612. The molecule has 2 N–H and O–H groups in total. The summed E-state index contributed by atoms with van der Waals surface area (Å²) in [7, 11) is 3.44. The van der Waals surface area contributed by atoms with E-state index >= 15 is 0 Å². The van der Waals surface area contributed by atoms with Crippen LogP contribution >= 0.6 is 11.3 Å². The molecule has 0 amide bonds. The van der Waals surface area contributed by atoms with Gasteiger partial charge in [-0.2, -0.15) is 0 Å². The highest BCUT2D eigenvalue weighted by Gasteiger charge is 2.02. The van der Waals surface area contributed by atoms with E-state index in [9.17, 15) is 0 Å². The van der Waals surface area contributed by atoms with Gasteiger partial charge >= 0.3 is 0 Å². The average molecular weight is 377 g/mol. The Morgan fingerprint density at radius 2 is 2.04 bits per heavy atom. The second-order valence-electron chi connectivity index (χ2n) is 5.68. The lowest BCUT2D eigenvalue weighted by atomic mass is 10.2. The molecule has 2 rings (SSSR count). The summed E-state index contributed by atoms with van der Waals surface area (Å²) in [6.07, 6.45) is 3.88. The second kappa shape index (κ2) is 11.5. The van der Waals surface area contributed by atoms with Crippen molar-refractivity contribution in [2.24, 2.45) is 4.99 Å². The van der Waals surface area contributed by atoms with Gasteiger partial charge in [0.1, 0.15) is 10.8 Å². The Morgan fingerprint density at radius 1 is 1.23 bits per heavy atom. The Morgan fingerprint density at radius 3 is 2.69 bits per heavy atom. The molecule has 0 aliphatic heterocycles. The summed E-state index contributed by atoms with van der Waals surface area (Å²) in [6.45, 7) is 4.95. The van der Waals surface area contributed by atoms with Crippen LogP contribution in [0, 0.1) is 0 Å². The number of hydrogen-bond donors (Lipinski definition) is 2. The van der Waals surface area contributed by atoms with Gasteiger partial charge in [-0.05, 0) is 30.5 Å². The van der Waals surface area contributed by atoms with Crippen LogP contribution in [0.2, 0.25) is 0 Å². The van der Waals surface area contributed by atoms with Gasteiger partial charge in [0, 0.05) is 31.3 Å². The molecule has 0 atom stereocenters. The van der Waals surface area contributed by atoms with Gasteiger partial charge in [0.2, 0.25) is 0 Å². The number of nitrogens with one attached hydrogen (secondary N) is 2. The number of thiazole rings is 1. The molecule has 0 unspecified atom stereocenters. The zero-order chi connectivity index (χ0) is 18.6. The topological polar surface area (TPSA) is 67.8 Å². The van der Waals surface area contributed by atoms with E-state index in [2.05, 4.69) is 27.5 Å². The number of methoxy groups -OCH3 is 1. The second-order valence-corrected chi connectivity index (χ2v) is 6.88. The van der Waals surface area contributed by atoms with Gasteiger partial charge in [0.15, 0.2) is 5.96 Å². The van der Waals surface area contributed by atoms with Crippen LogP contribution in [0.4, 0.5) is 0 Å². The van der Waals surface area contributed by atoms with Crippen LogP contribution in [0.3, 0.4) is 0 Å². The number of benzene rings is 1. The normalized spacial score (nSPS) is 11.4. The minimum atomic E-state index is 0.612. The summed E-state index contributed by atoms with van der Waals surface area (Å²) in [6, 6.07) is 7.93. The monoisotopic (exact) mass is 376 g/mol. The summed E-state index contributed by atoms with van der Waals surface area (Å²) in [5.74, 6) is 1.65. The maximum Gasteiger partial charge on any atom is 0.191 e. The first-order chi connectivity index (χ1) is 12.7. The lowest BCUT2D eigenvalue weighted by molar-refractivity contribution is 0.119. The quantitative estimate of drug-likeness (QED) is 0.379. The lowest BCUT2D eigenvalue weighted by Crippen LogP contribution is -2.37. The van der Waals surface area contributed by atoms with E-state index < -0.39 is 0 Å². The third-order valence-corrected chi connectivity index (χ3v) is 4.91. The fourth-order valence-corrected chi connectivity index (χ4v) is 3.07. The molecule has 1 aromatic carbocycles. The van der Waals surface area contributed by atoms with E-state index in [4.69, 9.17) is 9.47 Å². The predicted octanol–water partition coefficient (Wildman–Crippen LogP) is 2.99. The molecule has 2 aromatic rings. The van der Waals surface area contributed by atoms with Crippen LogP contribution in [0.1, 0.15) is 28.8 Å². The predicted molar refractivity (Wildman–Crippen MR) is 107 cm³/mol. The van der Waals surface area contributed by atoms with Crippen molar-refractivity contribution >= 4 is 17.3 Å². The van der Waals surface area contributed by atoms with Crippen LogP contribution in [-0.2, 0) is 24.3 Å². The van der Waals surface area contributed by atoms with Gasteiger partial charge in [-0.3, -0.25) is 4.99 Å². The van der Waals surface area contributed by atoms with E-state index in [1.54, 1.807) is 25.5 Å².